The Morgan fingerprint density at radius 1 is 0.694 bits per heavy atom. The lowest BCUT2D eigenvalue weighted by molar-refractivity contribution is -0.148. The summed E-state index contributed by atoms with van der Waals surface area (Å²) in [5.41, 5.74) is 2.06. The van der Waals surface area contributed by atoms with E-state index in [0.29, 0.717) is 69.0 Å². The summed E-state index contributed by atoms with van der Waals surface area (Å²) in [5.74, 6) is 1.67. The molecule has 11 heteroatoms. The number of ether oxygens (including phenoxy) is 8. The van der Waals surface area contributed by atoms with Crippen molar-refractivity contribution in [1.29, 1.82) is 0 Å². The monoisotopic (exact) mass is 687 g/mol. The second-order valence-corrected chi connectivity index (χ2v) is 13.9. The highest BCUT2D eigenvalue weighted by Gasteiger charge is 2.22. The van der Waals surface area contributed by atoms with Crippen LogP contribution >= 0.6 is 0 Å². The molecule has 0 aromatic heterocycles. The van der Waals surface area contributed by atoms with Crippen LogP contribution in [0.2, 0.25) is 0 Å². The number of esters is 2. The molecule has 0 fully saturated rings. The van der Waals surface area contributed by atoms with Crippen molar-refractivity contribution >= 4 is 11.9 Å². The first-order valence-corrected chi connectivity index (χ1v) is 17.3. The van der Waals surface area contributed by atoms with E-state index in [1.54, 1.807) is 18.7 Å². The topological polar surface area (TPSA) is 111 Å². The smallest absolute Gasteiger partial charge is 0.320 e. The van der Waals surface area contributed by atoms with Gasteiger partial charge >= 0.3 is 11.9 Å². The van der Waals surface area contributed by atoms with E-state index in [4.69, 9.17) is 37.9 Å². The molecule has 2 aromatic rings. The lowest BCUT2D eigenvalue weighted by Crippen LogP contribution is -2.37. The van der Waals surface area contributed by atoms with E-state index in [1.165, 1.54) is 0 Å². The van der Waals surface area contributed by atoms with Gasteiger partial charge in [0.1, 0.15) is 32.5 Å². The van der Waals surface area contributed by atoms with Crippen LogP contribution in [-0.4, -0.2) is 102 Å². The quantitative estimate of drug-likeness (QED) is 0.213. The predicted molar refractivity (Wildman–Crippen MR) is 187 cm³/mol. The first-order chi connectivity index (χ1) is 23.3. The molecular weight excluding hydrogens is 630 g/mol. The number of nitrogens with zero attached hydrogens (tertiary/aromatic N) is 1. The predicted octanol–water partition coefficient (Wildman–Crippen LogP) is 5.73. The fourth-order valence-corrected chi connectivity index (χ4v) is 4.98. The van der Waals surface area contributed by atoms with Gasteiger partial charge in [0.2, 0.25) is 0 Å². The minimum atomic E-state index is -0.471. The van der Waals surface area contributed by atoms with Gasteiger partial charge in [0.05, 0.1) is 39.5 Å². The molecule has 1 heterocycles. The highest BCUT2D eigenvalue weighted by molar-refractivity contribution is 5.75. The fraction of sp³-hybridized carbons (Fsp3) is 0.632. The van der Waals surface area contributed by atoms with Crippen molar-refractivity contribution < 1.29 is 47.5 Å². The van der Waals surface area contributed by atoms with Crippen LogP contribution in [0.15, 0.2) is 36.4 Å². The van der Waals surface area contributed by atoms with Crippen LogP contribution in [0.4, 0.5) is 0 Å². The third-order valence-electron chi connectivity index (χ3n) is 7.73. The maximum absolute atomic E-state index is 12.2. The average molecular weight is 688 g/mol. The number of carbonyl (C=O) groups is 2. The van der Waals surface area contributed by atoms with Crippen LogP contribution in [0.1, 0.15) is 72.9 Å². The van der Waals surface area contributed by atoms with Crippen LogP contribution in [0.3, 0.4) is 0 Å². The van der Waals surface area contributed by atoms with Gasteiger partial charge in [0, 0.05) is 13.2 Å². The summed E-state index contributed by atoms with van der Waals surface area (Å²) < 4.78 is 47.3. The number of hydrogen-bond acceptors (Lipinski definition) is 11. The van der Waals surface area contributed by atoms with Gasteiger partial charge < -0.3 is 37.9 Å². The molecule has 0 saturated carbocycles. The normalized spacial score (nSPS) is 16.2. The molecule has 2 aromatic carbocycles. The van der Waals surface area contributed by atoms with Crippen molar-refractivity contribution in [2.75, 3.05) is 79.1 Å². The first kappa shape index (κ1) is 39.9. The Labute approximate surface area is 292 Å². The van der Waals surface area contributed by atoms with E-state index >= 15 is 0 Å². The number of rotatable bonds is 11. The molecule has 0 saturated heterocycles. The van der Waals surface area contributed by atoms with E-state index in [-0.39, 0.29) is 50.3 Å². The van der Waals surface area contributed by atoms with Crippen LogP contribution < -0.4 is 18.9 Å². The molecule has 0 aliphatic carbocycles. The number of benzene rings is 2. The summed E-state index contributed by atoms with van der Waals surface area (Å²) in [6, 6.07) is 12.0. The summed E-state index contributed by atoms with van der Waals surface area (Å²) in [6.45, 7) is 19.5. The Bertz CT molecular complexity index is 1300. The molecule has 274 valence electrons. The van der Waals surface area contributed by atoms with Crippen molar-refractivity contribution in [3.63, 3.8) is 0 Å². The molecule has 0 N–H and O–H groups in total. The first-order valence-electron chi connectivity index (χ1n) is 17.3. The number of carbonyl (C=O) groups excluding carboxylic acids is 2. The highest BCUT2D eigenvalue weighted by Crippen LogP contribution is 2.35. The number of fused-ring (bicyclic) bond motifs is 2. The van der Waals surface area contributed by atoms with E-state index in [9.17, 15) is 9.59 Å². The molecule has 11 nitrogen and oxygen atoms in total. The van der Waals surface area contributed by atoms with Crippen molar-refractivity contribution in [1.82, 2.24) is 4.90 Å². The Hall–Kier alpha value is -3.54. The third kappa shape index (κ3) is 14.1. The molecule has 49 heavy (non-hydrogen) atoms. The minimum absolute atomic E-state index is 0.0203. The van der Waals surface area contributed by atoms with Crippen molar-refractivity contribution in [2.45, 2.75) is 78.7 Å². The average Bonchev–Trinajstić information content (AvgIpc) is 3.02. The van der Waals surface area contributed by atoms with Gasteiger partial charge in [-0.25, -0.2) is 0 Å². The zero-order valence-electron chi connectivity index (χ0n) is 30.8. The zero-order valence-corrected chi connectivity index (χ0v) is 30.8. The lowest BCUT2D eigenvalue weighted by Gasteiger charge is -2.25. The van der Waals surface area contributed by atoms with Gasteiger partial charge in [0.15, 0.2) is 23.0 Å². The largest absolute Gasteiger partial charge is 0.487 e. The Balaban J connectivity index is 1.81. The van der Waals surface area contributed by atoms with Crippen LogP contribution in [0.25, 0.3) is 0 Å². The van der Waals surface area contributed by atoms with Gasteiger partial charge in [-0.2, -0.15) is 0 Å². The second kappa shape index (κ2) is 19.6. The van der Waals surface area contributed by atoms with Crippen molar-refractivity contribution in [2.24, 2.45) is 0 Å². The molecule has 0 radical (unpaired) electrons. The van der Waals surface area contributed by atoms with E-state index in [2.05, 4.69) is 41.5 Å². The zero-order chi connectivity index (χ0) is 35.9. The fourth-order valence-electron chi connectivity index (χ4n) is 4.98. The lowest BCUT2D eigenvalue weighted by atomic mass is 9.87. The van der Waals surface area contributed by atoms with Crippen molar-refractivity contribution in [3.8, 4) is 23.0 Å². The van der Waals surface area contributed by atoms with E-state index in [0.717, 1.165) is 11.1 Å². The maximum Gasteiger partial charge on any atom is 0.320 e. The van der Waals surface area contributed by atoms with Crippen LogP contribution in [0.5, 0.6) is 23.0 Å². The summed E-state index contributed by atoms with van der Waals surface area (Å²) in [6.07, 6.45) is 0.0683. The molecule has 1 unspecified atom stereocenters. The maximum atomic E-state index is 12.2. The van der Waals surface area contributed by atoms with Gasteiger partial charge in [-0.15, -0.1) is 0 Å². The van der Waals surface area contributed by atoms with Gasteiger partial charge in [-0.1, -0.05) is 53.7 Å². The molecule has 0 bridgehead atoms. The Morgan fingerprint density at radius 2 is 1.16 bits per heavy atom. The molecule has 1 atom stereocenters. The molecule has 1 aliphatic heterocycles. The Kier molecular flexibility index (Phi) is 16.0. The van der Waals surface area contributed by atoms with Gasteiger partial charge in [-0.3, -0.25) is 14.5 Å². The van der Waals surface area contributed by atoms with E-state index < -0.39 is 18.0 Å². The van der Waals surface area contributed by atoms with Gasteiger partial charge in [0.25, 0.3) is 0 Å². The van der Waals surface area contributed by atoms with Gasteiger partial charge in [-0.05, 0) is 66.5 Å². The number of hydrogen-bond donors (Lipinski definition) is 0. The van der Waals surface area contributed by atoms with E-state index in [1.807, 2.05) is 36.4 Å². The molecule has 0 spiro atoms. The second-order valence-electron chi connectivity index (χ2n) is 13.9. The molecule has 0 amide bonds. The summed E-state index contributed by atoms with van der Waals surface area (Å²) in [7, 11) is 0. The summed E-state index contributed by atoms with van der Waals surface area (Å²) in [4.78, 5) is 26.1. The SMILES string of the molecule is CCOC(=O)CN(CCCOC1COc2ccc(C(C)(C)C)cc2OCCOCCOc2ccc(C(C)(C)C)cc2OC1)CC(=O)OCC. The van der Waals surface area contributed by atoms with Crippen molar-refractivity contribution in [3.05, 3.63) is 47.5 Å². The molecule has 3 rings (SSSR count). The van der Waals surface area contributed by atoms with Crippen LogP contribution in [0, 0.1) is 0 Å². The van der Waals surface area contributed by atoms with Crippen LogP contribution in [-0.2, 0) is 39.4 Å². The minimum Gasteiger partial charge on any atom is -0.487 e. The summed E-state index contributed by atoms with van der Waals surface area (Å²) in [5, 5.41) is 0. The third-order valence-corrected chi connectivity index (χ3v) is 7.73. The molecule has 1 aliphatic rings. The highest BCUT2D eigenvalue weighted by atomic mass is 16.6. The summed E-state index contributed by atoms with van der Waals surface area (Å²) >= 11 is 0. The molecular formula is C38H57NO10. The standard InChI is InChI=1S/C38H57NO10/c1-9-43-35(40)24-39(25-36(41)44-10-2)16-11-17-45-30-26-48-32-15-13-28(37(3,4)5)22-33(32)47-21-19-42-18-20-46-31-14-12-29(38(6,7)8)23-34(31)49-27-30/h12-15,22-23,30H,9-11,16-21,24-27H2,1-8H3. The Morgan fingerprint density at radius 3 is 1.67 bits per heavy atom.